The minimum atomic E-state index is -0.432. The van der Waals surface area contributed by atoms with E-state index >= 15 is 0 Å². The molecule has 2 heterocycles. The molecule has 0 saturated carbocycles. The summed E-state index contributed by atoms with van der Waals surface area (Å²) in [6, 6.07) is 8.08. The van der Waals surface area contributed by atoms with Gasteiger partial charge in [0.1, 0.15) is 11.3 Å². The summed E-state index contributed by atoms with van der Waals surface area (Å²) in [6.45, 7) is 3.46. The number of anilines is 1. The lowest BCUT2D eigenvalue weighted by molar-refractivity contribution is -0.118. The molecule has 2 aromatic heterocycles. The van der Waals surface area contributed by atoms with Gasteiger partial charge in [0.25, 0.3) is 5.91 Å². The Hall–Kier alpha value is -3.09. The maximum Gasteiger partial charge on any atom is 0.336 e. The van der Waals surface area contributed by atoms with E-state index in [1.807, 2.05) is 6.92 Å². The molecule has 23 heavy (non-hydrogen) atoms. The number of rotatable bonds is 4. The fraction of sp³-hybridized carbons (Fsp3) is 0.188. The maximum absolute atomic E-state index is 12.0. The number of ether oxygens (including phenoxy) is 1. The normalized spacial score (nSPS) is 10.7. The van der Waals surface area contributed by atoms with Gasteiger partial charge < -0.3 is 14.5 Å². The highest BCUT2D eigenvalue weighted by atomic mass is 16.5. The highest BCUT2D eigenvalue weighted by Gasteiger charge is 2.11. The van der Waals surface area contributed by atoms with E-state index in [1.54, 1.807) is 31.2 Å². The van der Waals surface area contributed by atoms with Gasteiger partial charge in [-0.2, -0.15) is 5.10 Å². The first-order valence-electron chi connectivity index (χ1n) is 7.01. The van der Waals surface area contributed by atoms with E-state index in [0.29, 0.717) is 22.7 Å². The molecule has 3 aromatic rings. The number of aromatic amines is 1. The third kappa shape index (κ3) is 3.23. The van der Waals surface area contributed by atoms with E-state index in [4.69, 9.17) is 9.15 Å². The number of hydrogen-bond acceptors (Lipinski definition) is 5. The van der Waals surface area contributed by atoms with Gasteiger partial charge in [0.15, 0.2) is 6.61 Å². The van der Waals surface area contributed by atoms with Crippen LogP contribution in [0.15, 0.2) is 39.5 Å². The molecule has 0 atom stereocenters. The molecule has 7 nitrogen and oxygen atoms in total. The molecule has 0 aliphatic carbocycles. The zero-order valence-electron chi connectivity index (χ0n) is 12.7. The summed E-state index contributed by atoms with van der Waals surface area (Å²) in [7, 11) is 0. The molecule has 0 radical (unpaired) electrons. The lowest BCUT2D eigenvalue weighted by Crippen LogP contribution is -2.20. The van der Waals surface area contributed by atoms with Crippen LogP contribution in [0.25, 0.3) is 11.0 Å². The van der Waals surface area contributed by atoms with Crippen molar-refractivity contribution in [2.24, 2.45) is 0 Å². The summed E-state index contributed by atoms with van der Waals surface area (Å²) >= 11 is 0. The highest BCUT2D eigenvalue weighted by Crippen LogP contribution is 2.20. The Morgan fingerprint density at radius 3 is 2.83 bits per heavy atom. The van der Waals surface area contributed by atoms with Gasteiger partial charge in [0.05, 0.1) is 17.1 Å². The van der Waals surface area contributed by atoms with Gasteiger partial charge in [0, 0.05) is 17.5 Å². The summed E-state index contributed by atoms with van der Waals surface area (Å²) in [4.78, 5) is 23.2. The molecule has 0 saturated heterocycles. The molecular weight excluding hydrogens is 298 g/mol. The molecule has 1 amide bonds. The molecule has 0 fully saturated rings. The predicted octanol–water partition coefficient (Wildman–Crippen LogP) is 2.15. The number of aryl methyl sites for hydroxylation is 2. The Kier molecular flexibility index (Phi) is 3.84. The first-order chi connectivity index (χ1) is 11.0. The Bertz CT molecular complexity index is 907. The standard InChI is InChI=1S/C16H15N3O4/c1-9-16(10(2)19-18-9)17-14(20)8-22-12-5-3-11-4-6-15(21)23-13(11)7-12/h3-7H,8H2,1-2H3,(H,17,20)(H,18,19). The number of amides is 1. The number of fused-ring (bicyclic) bond motifs is 1. The molecule has 118 valence electrons. The van der Waals surface area contributed by atoms with Gasteiger partial charge in [-0.25, -0.2) is 4.79 Å². The minimum absolute atomic E-state index is 0.160. The number of nitrogens with one attached hydrogen (secondary N) is 2. The van der Waals surface area contributed by atoms with Crippen molar-refractivity contribution in [3.63, 3.8) is 0 Å². The average molecular weight is 313 g/mol. The van der Waals surface area contributed by atoms with Crippen LogP contribution in [-0.2, 0) is 4.79 Å². The summed E-state index contributed by atoms with van der Waals surface area (Å²) in [5, 5.41) is 10.3. The number of carbonyl (C=O) groups excluding carboxylic acids is 1. The van der Waals surface area contributed by atoms with E-state index in [9.17, 15) is 9.59 Å². The number of H-pyrrole nitrogens is 1. The minimum Gasteiger partial charge on any atom is -0.484 e. The van der Waals surface area contributed by atoms with E-state index in [1.165, 1.54) is 6.07 Å². The predicted molar refractivity (Wildman–Crippen MR) is 84.7 cm³/mol. The zero-order chi connectivity index (χ0) is 16.4. The van der Waals surface area contributed by atoms with E-state index in [-0.39, 0.29) is 12.5 Å². The van der Waals surface area contributed by atoms with Crippen molar-refractivity contribution in [1.82, 2.24) is 10.2 Å². The second-order valence-corrected chi connectivity index (χ2v) is 5.10. The van der Waals surface area contributed by atoms with Crippen LogP contribution in [0.2, 0.25) is 0 Å². The monoisotopic (exact) mass is 313 g/mol. The van der Waals surface area contributed by atoms with Crippen molar-refractivity contribution in [1.29, 1.82) is 0 Å². The Morgan fingerprint density at radius 2 is 2.09 bits per heavy atom. The van der Waals surface area contributed by atoms with Crippen LogP contribution in [-0.4, -0.2) is 22.7 Å². The molecule has 0 aliphatic rings. The van der Waals surface area contributed by atoms with Gasteiger partial charge in [-0.15, -0.1) is 0 Å². The van der Waals surface area contributed by atoms with Crippen molar-refractivity contribution < 1.29 is 13.9 Å². The molecule has 3 rings (SSSR count). The highest BCUT2D eigenvalue weighted by molar-refractivity contribution is 5.93. The maximum atomic E-state index is 12.0. The van der Waals surface area contributed by atoms with Crippen LogP contribution < -0.4 is 15.7 Å². The molecule has 2 N–H and O–H groups in total. The smallest absolute Gasteiger partial charge is 0.336 e. The number of hydrogen-bond donors (Lipinski definition) is 2. The average Bonchev–Trinajstić information content (AvgIpc) is 2.84. The Labute approximate surface area is 131 Å². The number of carbonyl (C=O) groups is 1. The van der Waals surface area contributed by atoms with Gasteiger partial charge >= 0.3 is 5.63 Å². The van der Waals surface area contributed by atoms with Crippen molar-refractivity contribution in [3.05, 3.63) is 52.1 Å². The van der Waals surface area contributed by atoms with E-state index in [0.717, 1.165) is 11.1 Å². The zero-order valence-corrected chi connectivity index (χ0v) is 12.7. The van der Waals surface area contributed by atoms with Crippen LogP contribution in [0, 0.1) is 13.8 Å². The van der Waals surface area contributed by atoms with Crippen LogP contribution in [0.4, 0.5) is 5.69 Å². The van der Waals surface area contributed by atoms with Crippen molar-refractivity contribution in [2.75, 3.05) is 11.9 Å². The summed E-state index contributed by atoms with van der Waals surface area (Å²) in [5.41, 5.74) is 2.13. The third-order valence-corrected chi connectivity index (χ3v) is 3.36. The van der Waals surface area contributed by atoms with Gasteiger partial charge in [-0.05, 0) is 32.0 Å². The SMILES string of the molecule is Cc1n[nH]c(C)c1NC(=O)COc1ccc2ccc(=O)oc2c1. The first kappa shape index (κ1) is 14.8. The van der Waals surface area contributed by atoms with Crippen LogP contribution in [0.1, 0.15) is 11.4 Å². The molecule has 0 aliphatic heterocycles. The van der Waals surface area contributed by atoms with Crippen molar-refractivity contribution in [2.45, 2.75) is 13.8 Å². The van der Waals surface area contributed by atoms with Gasteiger partial charge in [-0.3, -0.25) is 9.89 Å². The van der Waals surface area contributed by atoms with E-state index < -0.39 is 5.63 Å². The fourth-order valence-electron chi connectivity index (χ4n) is 2.19. The van der Waals surface area contributed by atoms with Gasteiger partial charge in [0.2, 0.25) is 0 Å². The third-order valence-electron chi connectivity index (χ3n) is 3.36. The number of benzene rings is 1. The lowest BCUT2D eigenvalue weighted by Gasteiger charge is -2.08. The molecule has 1 aromatic carbocycles. The number of nitrogens with zero attached hydrogens (tertiary/aromatic N) is 1. The fourth-order valence-corrected chi connectivity index (χ4v) is 2.19. The Morgan fingerprint density at radius 1 is 1.30 bits per heavy atom. The largest absolute Gasteiger partial charge is 0.484 e. The Balaban J connectivity index is 1.68. The van der Waals surface area contributed by atoms with Crippen molar-refractivity contribution >= 4 is 22.6 Å². The van der Waals surface area contributed by atoms with Crippen LogP contribution in [0.3, 0.4) is 0 Å². The van der Waals surface area contributed by atoms with Gasteiger partial charge in [-0.1, -0.05) is 0 Å². The summed E-state index contributed by atoms with van der Waals surface area (Å²) in [6.07, 6.45) is 0. The van der Waals surface area contributed by atoms with Crippen molar-refractivity contribution in [3.8, 4) is 5.75 Å². The molecule has 0 bridgehead atoms. The number of aromatic nitrogens is 2. The summed E-state index contributed by atoms with van der Waals surface area (Å²) in [5.74, 6) is 0.148. The van der Waals surface area contributed by atoms with Crippen LogP contribution in [0.5, 0.6) is 5.75 Å². The summed E-state index contributed by atoms with van der Waals surface area (Å²) < 4.78 is 10.5. The molecule has 7 heteroatoms. The van der Waals surface area contributed by atoms with E-state index in [2.05, 4.69) is 15.5 Å². The topological polar surface area (TPSA) is 97.2 Å². The molecule has 0 spiro atoms. The second kappa shape index (κ2) is 5.96. The molecule has 0 unspecified atom stereocenters. The lowest BCUT2D eigenvalue weighted by atomic mass is 10.2. The van der Waals surface area contributed by atoms with Crippen LogP contribution >= 0.6 is 0 Å². The molecular formula is C16H15N3O4. The second-order valence-electron chi connectivity index (χ2n) is 5.10. The first-order valence-corrected chi connectivity index (χ1v) is 7.01. The quantitative estimate of drug-likeness (QED) is 0.719.